The maximum absolute atomic E-state index is 13.2. The molecule has 3 aromatic carbocycles. The third-order valence-corrected chi connectivity index (χ3v) is 5.54. The lowest BCUT2D eigenvalue weighted by Gasteiger charge is -2.13. The first kappa shape index (κ1) is 18.3. The molecule has 0 radical (unpaired) electrons. The van der Waals surface area contributed by atoms with Gasteiger partial charge in [-0.15, -0.1) is 0 Å². The number of fused-ring (bicyclic) bond motifs is 1. The number of aromatic nitrogens is 2. The van der Waals surface area contributed by atoms with E-state index < -0.39 is 0 Å². The Hall–Kier alpha value is -3.07. The van der Waals surface area contributed by atoms with E-state index in [2.05, 4.69) is 6.07 Å². The Morgan fingerprint density at radius 1 is 1.00 bits per heavy atom. The Kier molecular flexibility index (Phi) is 5.16. The van der Waals surface area contributed by atoms with E-state index in [0.29, 0.717) is 32.4 Å². The fourth-order valence-electron chi connectivity index (χ4n) is 2.85. The number of nitrogens with zero attached hydrogens (tertiary/aromatic N) is 3. The number of rotatable bonds is 4. The highest BCUT2D eigenvalue weighted by molar-refractivity contribution is 7.98. The second kappa shape index (κ2) is 7.89. The predicted molar refractivity (Wildman–Crippen MR) is 113 cm³/mol. The third kappa shape index (κ3) is 3.65. The van der Waals surface area contributed by atoms with Gasteiger partial charge in [0, 0.05) is 10.8 Å². The van der Waals surface area contributed by atoms with Crippen LogP contribution in [0, 0.1) is 11.3 Å². The van der Waals surface area contributed by atoms with Crippen molar-refractivity contribution in [3.8, 4) is 11.8 Å². The standard InChI is InChI=1S/C22H14ClN3OS/c23-17-9-11-18(12-10-17)26-21(27)19-3-1-2-4-20(19)25-22(26)28-14-16-7-5-15(13-24)6-8-16/h1-12H,14H2. The molecular formula is C22H14ClN3OS. The minimum Gasteiger partial charge on any atom is -0.268 e. The molecule has 0 aliphatic carbocycles. The summed E-state index contributed by atoms with van der Waals surface area (Å²) in [6, 6.07) is 24.0. The van der Waals surface area contributed by atoms with Crippen molar-refractivity contribution in [1.29, 1.82) is 5.26 Å². The summed E-state index contributed by atoms with van der Waals surface area (Å²) in [4.78, 5) is 17.9. The molecule has 6 heteroatoms. The van der Waals surface area contributed by atoms with Gasteiger partial charge in [-0.1, -0.05) is 47.6 Å². The van der Waals surface area contributed by atoms with Gasteiger partial charge in [0.25, 0.3) is 5.56 Å². The minimum absolute atomic E-state index is 0.116. The zero-order valence-electron chi connectivity index (χ0n) is 14.7. The van der Waals surface area contributed by atoms with Crippen LogP contribution in [0.1, 0.15) is 11.1 Å². The van der Waals surface area contributed by atoms with Gasteiger partial charge in [0.1, 0.15) is 0 Å². The summed E-state index contributed by atoms with van der Waals surface area (Å²) < 4.78 is 1.62. The molecule has 0 saturated heterocycles. The van der Waals surface area contributed by atoms with E-state index >= 15 is 0 Å². The molecule has 0 saturated carbocycles. The van der Waals surface area contributed by atoms with Gasteiger partial charge >= 0.3 is 0 Å². The van der Waals surface area contributed by atoms with E-state index in [1.54, 1.807) is 34.9 Å². The average Bonchev–Trinajstić information content (AvgIpc) is 2.74. The molecule has 1 aromatic heterocycles. The van der Waals surface area contributed by atoms with Crippen molar-refractivity contribution < 1.29 is 0 Å². The Labute approximate surface area is 171 Å². The highest BCUT2D eigenvalue weighted by Crippen LogP contribution is 2.25. The molecule has 4 nitrogen and oxygen atoms in total. The summed E-state index contributed by atoms with van der Waals surface area (Å²) >= 11 is 7.49. The van der Waals surface area contributed by atoms with E-state index in [9.17, 15) is 4.79 Å². The molecule has 0 aliphatic heterocycles. The summed E-state index contributed by atoms with van der Waals surface area (Å²) in [5.41, 5.74) is 2.94. The van der Waals surface area contributed by atoms with Gasteiger partial charge in [-0.05, 0) is 54.1 Å². The van der Waals surface area contributed by atoms with Gasteiger partial charge in [0.2, 0.25) is 0 Å². The maximum Gasteiger partial charge on any atom is 0.266 e. The molecule has 28 heavy (non-hydrogen) atoms. The quantitative estimate of drug-likeness (QED) is 0.347. The van der Waals surface area contributed by atoms with Crippen LogP contribution in [0.5, 0.6) is 0 Å². The Morgan fingerprint density at radius 3 is 2.43 bits per heavy atom. The molecule has 0 atom stereocenters. The van der Waals surface area contributed by atoms with Gasteiger partial charge in [-0.3, -0.25) is 9.36 Å². The van der Waals surface area contributed by atoms with Gasteiger partial charge in [-0.25, -0.2) is 4.98 Å². The molecule has 0 bridgehead atoms. The molecule has 0 spiro atoms. The monoisotopic (exact) mass is 403 g/mol. The van der Waals surface area contributed by atoms with Crippen LogP contribution in [-0.2, 0) is 5.75 Å². The van der Waals surface area contributed by atoms with Gasteiger partial charge in [0.15, 0.2) is 5.16 Å². The lowest BCUT2D eigenvalue weighted by Crippen LogP contribution is -2.21. The van der Waals surface area contributed by atoms with Crippen molar-refractivity contribution in [3.63, 3.8) is 0 Å². The topological polar surface area (TPSA) is 58.7 Å². The number of hydrogen-bond acceptors (Lipinski definition) is 4. The number of para-hydroxylation sites is 1. The number of halogens is 1. The molecule has 4 rings (SSSR count). The highest BCUT2D eigenvalue weighted by Gasteiger charge is 2.13. The second-order valence-corrected chi connectivity index (χ2v) is 7.50. The molecule has 1 heterocycles. The van der Waals surface area contributed by atoms with Crippen LogP contribution in [0.15, 0.2) is 82.7 Å². The minimum atomic E-state index is -0.116. The van der Waals surface area contributed by atoms with E-state index in [0.717, 1.165) is 11.3 Å². The zero-order valence-corrected chi connectivity index (χ0v) is 16.2. The van der Waals surface area contributed by atoms with Crippen LogP contribution >= 0.6 is 23.4 Å². The predicted octanol–water partition coefficient (Wildman–Crippen LogP) is 5.20. The number of thioether (sulfide) groups is 1. The lowest BCUT2D eigenvalue weighted by molar-refractivity contribution is 0.819. The van der Waals surface area contributed by atoms with Crippen molar-refractivity contribution >= 4 is 34.3 Å². The number of benzene rings is 3. The van der Waals surface area contributed by atoms with Crippen LogP contribution in [0.2, 0.25) is 5.02 Å². The van der Waals surface area contributed by atoms with E-state index in [1.165, 1.54) is 11.8 Å². The summed E-state index contributed by atoms with van der Waals surface area (Å²) in [6.07, 6.45) is 0. The average molecular weight is 404 g/mol. The van der Waals surface area contributed by atoms with E-state index in [4.69, 9.17) is 21.8 Å². The van der Waals surface area contributed by atoms with Gasteiger partial charge < -0.3 is 0 Å². The second-order valence-electron chi connectivity index (χ2n) is 6.13. The first-order valence-electron chi connectivity index (χ1n) is 8.55. The van der Waals surface area contributed by atoms with Crippen molar-refractivity contribution in [2.75, 3.05) is 0 Å². The normalized spacial score (nSPS) is 10.7. The number of hydrogen-bond donors (Lipinski definition) is 0. The van der Waals surface area contributed by atoms with Gasteiger partial charge in [0.05, 0.1) is 28.2 Å². The smallest absolute Gasteiger partial charge is 0.266 e. The highest BCUT2D eigenvalue weighted by atomic mass is 35.5. The summed E-state index contributed by atoms with van der Waals surface area (Å²) in [7, 11) is 0. The zero-order chi connectivity index (χ0) is 19.5. The number of nitriles is 1. The Morgan fingerprint density at radius 2 is 1.71 bits per heavy atom. The molecule has 0 fully saturated rings. The van der Waals surface area contributed by atoms with Crippen molar-refractivity contribution in [1.82, 2.24) is 9.55 Å². The Balaban J connectivity index is 1.79. The fraction of sp³-hybridized carbons (Fsp3) is 0.0455. The van der Waals surface area contributed by atoms with Crippen LogP contribution < -0.4 is 5.56 Å². The molecule has 0 N–H and O–H groups in total. The van der Waals surface area contributed by atoms with Crippen molar-refractivity contribution in [3.05, 3.63) is 99.3 Å². The summed E-state index contributed by atoms with van der Waals surface area (Å²) in [6.45, 7) is 0. The lowest BCUT2D eigenvalue weighted by atomic mass is 10.2. The van der Waals surface area contributed by atoms with Crippen molar-refractivity contribution in [2.24, 2.45) is 0 Å². The van der Waals surface area contributed by atoms with Crippen molar-refractivity contribution in [2.45, 2.75) is 10.9 Å². The molecular weight excluding hydrogens is 390 g/mol. The van der Waals surface area contributed by atoms with E-state index in [1.807, 2.05) is 42.5 Å². The van der Waals surface area contributed by atoms with Crippen LogP contribution in [0.25, 0.3) is 16.6 Å². The first-order chi connectivity index (χ1) is 13.7. The molecule has 0 unspecified atom stereocenters. The molecule has 0 aliphatic rings. The Bertz CT molecular complexity index is 1240. The summed E-state index contributed by atoms with van der Waals surface area (Å²) in [5.74, 6) is 0.629. The molecule has 4 aromatic rings. The molecule has 136 valence electrons. The van der Waals surface area contributed by atoms with Gasteiger partial charge in [-0.2, -0.15) is 5.26 Å². The van der Waals surface area contributed by atoms with Crippen LogP contribution in [-0.4, -0.2) is 9.55 Å². The van der Waals surface area contributed by atoms with Crippen LogP contribution in [0.3, 0.4) is 0 Å². The fourth-order valence-corrected chi connectivity index (χ4v) is 3.94. The first-order valence-corrected chi connectivity index (χ1v) is 9.91. The molecule has 0 amide bonds. The van der Waals surface area contributed by atoms with Crippen LogP contribution in [0.4, 0.5) is 0 Å². The summed E-state index contributed by atoms with van der Waals surface area (Å²) in [5, 5.41) is 10.7. The maximum atomic E-state index is 13.2. The largest absolute Gasteiger partial charge is 0.268 e. The SMILES string of the molecule is N#Cc1ccc(CSc2nc3ccccc3c(=O)n2-c2ccc(Cl)cc2)cc1. The third-order valence-electron chi connectivity index (χ3n) is 4.28. The van der Waals surface area contributed by atoms with E-state index in [-0.39, 0.29) is 5.56 Å².